The predicted molar refractivity (Wildman–Crippen MR) is 132 cm³/mol. The molecule has 3 aromatic rings. The number of amides is 3. The summed E-state index contributed by atoms with van der Waals surface area (Å²) in [5.41, 5.74) is 5.37. The molecule has 0 bridgehead atoms. The van der Waals surface area contributed by atoms with Crippen LogP contribution in [0.1, 0.15) is 70.9 Å². The van der Waals surface area contributed by atoms with Gasteiger partial charge in [-0.2, -0.15) is 13.2 Å². The van der Waals surface area contributed by atoms with E-state index < -0.39 is 29.6 Å². The Bertz CT molecular complexity index is 1370. The van der Waals surface area contributed by atoms with Crippen LogP contribution in [0.3, 0.4) is 0 Å². The van der Waals surface area contributed by atoms with Crippen molar-refractivity contribution in [1.29, 1.82) is 0 Å². The lowest BCUT2D eigenvalue weighted by Crippen LogP contribution is -2.40. The number of nitrogens with two attached hydrogens (primary N) is 2. The first-order valence-corrected chi connectivity index (χ1v) is 11.9. The Balaban J connectivity index is 1.62. The number of likely N-dealkylation sites (tertiary alicyclic amines) is 1. The molecular formula is C25H26F3N7O3. The smallest absolute Gasteiger partial charge is 0.364 e. The summed E-state index contributed by atoms with van der Waals surface area (Å²) < 4.78 is 39.9. The Labute approximate surface area is 215 Å². The van der Waals surface area contributed by atoms with E-state index in [0.717, 1.165) is 35.8 Å². The summed E-state index contributed by atoms with van der Waals surface area (Å²) in [6.07, 6.45) is -0.975. The van der Waals surface area contributed by atoms with Crippen molar-refractivity contribution < 1.29 is 27.6 Å². The van der Waals surface area contributed by atoms with Crippen molar-refractivity contribution in [2.45, 2.75) is 44.8 Å². The zero-order valence-electron chi connectivity index (χ0n) is 20.5. The molecule has 0 radical (unpaired) electrons. The van der Waals surface area contributed by atoms with E-state index in [1.54, 1.807) is 11.8 Å². The zero-order chi connectivity index (χ0) is 27.6. The van der Waals surface area contributed by atoms with Crippen LogP contribution < -0.4 is 16.9 Å². The van der Waals surface area contributed by atoms with Crippen LogP contribution in [0.15, 0.2) is 42.6 Å². The topological polar surface area (TPSA) is 149 Å². The molecule has 38 heavy (non-hydrogen) atoms. The number of primary amides is 1. The molecule has 1 aliphatic heterocycles. The van der Waals surface area contributed by atoms with Gasteiger partial charge in [-0.1, -0.05) is 19.1 Å². The average Bonchev–Trinajstić information content (AvgIpc) is 3.25. The standard InChI is InChI=1S/C25H26F3N7O3/c1-2-19(36)34-12-4-3-5-17(34)23-33-20(21(22(29)37)35(23)30)14-6-8-15(9-7-14)24(38)32-18-13-16(10-11-31-18)25(26,27)28/h6-11,13,17H,2-5,12,30H2,1H3,(H2,29,37)(H,31,32,38)/t17-/m0/s1. The Hall–Kier alpha value is -4.42. The van der Waals surface area contributed by atoms with E-state index in [1.807, 2.05) is 0 Å². The summed E-state index contributed by atoms with van der Waals surface area (Å²) in [5.74, 6) is 4.77. The highest BCUT2D eigenvalue weighted by Gasteiger charge is 2.34. The van der Waals surface area contributed by atoms with Gasteiger partial charge >= 0.3 is 6.18 Å². The van der Waals surface area contributed by atoms with Gasteiger partial charge in [0.15, 0.2) is 11.5 Å². The van der Waals surface area contributed by atoms with Gasteiger partial charge in [0.2, 0.25) is 5.91 Å². The van der Waals surface area contributed by atoms with Crippen molar-refractivity contribution in [1.82, 2.24) is 19.5 Å². The van der Waals surface area contributed by atoms with Crippen LogP contribution in [0.4, 0.5) is 19.0 Å². The minimum atomic E-state index is -4.58. The first kappa shape index (κ1) is 26.6. The number of pyridine rings is 1. The number of nitrogens with zero attached hydrogens (tertiary/aromatic N) is 4. The summed E-state index contributed by atoms with van der Waals surface area (Å²) >= 11 is 0. The SMILES string of the molecule is CCC(=O)N1CCCC[C@H]1c1nc(-c2ccc(C(=O)Nc3cc(C(F)(F)F)ccn3)cc2)c(C(N)=O)n1N. The van der Waals surface area contributed by atoms with Crippen LogP contribution in [-0.4, -0.2) is 43.8 Å². The molecule has 5 N–H and O–H groups in total. The van der Waals surface area contributed by atoms with E-state index in [-0.39, 0.29) is 28.7 Å². The van der Waals surface area contributed by atoms with Crippen LogP contribution in [0.2, 0.25) is 0 Å². The molecule has 0 spiro atoms. The van der Waals surface area contributed by atoms with Gasteiger partial charge in [-0.25, -0.2) is 14.6 Å². The summed E-state index contributed by atoms with van der Waals surface area (Å²) in [6.45, 7) is 2.32. The molecule has 4 rings (SSSR count). The molecule has 2 aromatic heterocycles. The number of halogens is 3. The minimum absolute atomic E-state index is 0.0505. The van der Waals surface area contributed by atoms with Crippen molar-refractivity contribution in [2.24, 2.45) is 5.73 Å². The molecule has 0 aliphatic carbocycles. The zero-order valence-corrected chi connectivity index (χ0v) is 20.5. The number of anilines is 1. The highest BCUT2D eigenvalue weighted by molar-refractivity contribution is 6.04. The number of alkyl halides is 3. The van der Waals surface area contributed by atoms with Crippen molar-refractivity contribution in [3.63, 3.8) is 0 Å². The second-order valence-corrected chi connectivity index (χ2v) is 8.81. The summed E-state index contributed by atoms with van der Waals surface area (Å²) in [5, 5.41) is 2.34. The quantitative estimate of drug-likeness (QED) is 0.416. The monoisotopic (exact) mass is 529 g/mol. The molecule has 13 heteroatoms. The maximum atomic E-state index is 12.9. The van der Waals surface area contributed by atoms with E-state index in [4.69, 9.17) is 11.6 Å². The van der Waals surface area contributed by atoms with Gasteiger partial charge in [-0.3, -0.25) is 14.4 Å². The number of rotatable bonds is 6. The summed E-state index contributed by atoms with van der Waals surface area (Å²) in [6, 6.07) is 7.00. The number of carbonyl (C=O) groups is 3. The van der Waals surface area contributed by atoms with E-state index in [0.29, 0.717) is 30.8 Å². The molecule has 3 amide bonds. The molecule has 200 valence electrons. The number of nitrogens with one attached hydrogen (secondary N) is 1. The van der Waals surface area contributed by atoms with Gasteiger partial charge in [0.25, 0.3) is 11.8 Å². The highest BCUT2D eigenvalue weighted by Crippen LogP contribution is 2.34. The third-order valence-electron chi connectivity index (χ3n) is 6.34. The lowest BCUT2D eigenvalue weighted by molar-refractivity contribution is -0.137. The molecule has 1 atom stereocenters. The molecule has 0 unspecified atom stereocenters. The Kier molecular flexibility index (Phi) is 7.37. The lowest BCUT2D eigenvalue weighted by atomic mass is 10.0. The number of nitrogen functional groups attached to an aromatic ring is 1. The lowest BCUT2D eigenvalue weighted by Gasteiger charge is -2.35. The van der Waals surface area contributed by atoms with Gasteiger partial charge in [-0.15, -0.1) is 0 Å². The number of imidazole rings is 1. The van der Waals surface area contributed by atoms with E-state index in [2.05, 4.69) is 15.3 Å². The average molecular weight is 530 g/mol. The number of piperidine rings is 1. The van der Waals surface area contributed by atoms with E-state index in [1.165, 1.54) is 24.3 Å². The van der Waals surface area contributed by atoms with Crippen molar-refractivity contribution in [3.05, 3.63) is 65.2 Å². The van der Waals surface area contributed by atoms with Crippen LogP contribution in [-0.2, 0) is 11.0 Å². The van der Waals surface area contributed by atoms with Gasteiger partial charge in [0.1, 0.15) is 11.5 Å². The molecule has 1 saturated heterocycles. The van der Waals surface area contributed by atoms with Crippen molar-refractivity contribution in [3.8, 4) is 11.3 Å². The maximum absolute atomic E-state index is 12.9. The predicted octanol–water partition coefficient (Wildman–Crippen LogP) is 3.49. The third-order valence-corrected chi connectivity index (χ3v) is 6.34. The van der Waals surface area contributed by atoms with Gasteiger partial charge in [0.05, 0.1) is 11.6 Å². The highest BCUT2D eigenvalue weighted by atomic mass is 19.4. The van der Waals surface area contributed by atoms with E-state index in [9.17, 15) is 27.6 Å². The second kappa shape index (κ2) is 10.5. The summed E-state index contributed by atoms with van der Waals surface area (Å²) in [7, 11) is 0. The fourth-order valence-electron chi connectivity index (χ4n) is 4.47. The van der Waals surface area contributed by atoms with Crippen molar-refractivity contribution >= 4 is 23.5 Å². The Morgan fingerprint density at radius 3 is 2.47 bits per heavy atom. The number of carbonyl (C=O) groups excluding carboxylic acids is 3. The van der Waals surface area contributed by atoms with Crippen molar-refractivity contribution in [2.75, 3.05) is 17.7 Å². The fourth-order valence-corrected chi connectivity index (χ4v) is 4.47. The van der Waals surface area contributed by atoms with Gasteiger partial charge < -0.3 is 21.8 Å². The molecule has 10 nitrogen and oxygen atoms in total. The Morgan fingerprint density at radius 2 is 1.84 bits per heavy atom. The van der Waals surface area contributed by atoms with E-state index >= 15 is 0 Å². The summed E-state index contributed by atoms with van der Waals surface area (Å²) in [4.78, 5) is 47.5. The molecule has 1 aromatic carbocycles. The molecule has 1 fully saturated rings. The first-order chi connectivity index (χ1) is 18.0. The molecule has 0 saturated carbocycles. The number of benzene rings is 1. The van der Waals surface area contributed by atoms with Crippen LogP contribution >= 0.6 is 0 Å². The normalized spacial score (nSPS) is 15.8. The number of hydrogen-bond acceptors (Lipinski definition) is 6. The molecular weight excluding hydrogens is 503 g/mol. The van der Waals surface area contributed by atoms with Crippen LogP contribution in [0.25, 0.3) is 11.3 Å². The molecule has 1 aliphatic rings. The first-order valence-electron chi connectivity index (χ1n) is 11.9. The fraction of sp³-hybridized carbons (Fsp3) is 0.320. The largest absolute Gasteiger partial charge is 0.416 e. The minimum Gasteiger partial charge on any atom is -0.364 e. The molecule has 3 heterocycles. The van der Waals surface area contributed by atoms with Crippen LogP contribution in [0.5, 0.6) is 0 Å². The number of aromatic nitrogens is 3. The van der Waals surface area contributed by atoms with Gasteiger partial charge in [-0.05, 0) is 43.5 Å². The maximum Gasteiger partial charge on any atom is 0.416 e. The second-order valence-electron chi connectivity index (χ2n) is 8.81. The number of hydrogen-bond donors (Lipinski definition) is 3. The van der Waals surface area contributed by atoms with Gasteiger partial charge in [0, 0.05) is 30.3 Å². The Morgan fingerprint density at radius 1 is 1.13 bits per heavy atom. The third kappa shape index (κ3) is 5.31. The van der Waals surface area contributed by atoms with Crippen LogP contribution in [0, 0.1) is 0 Å².